The van der Waals surface area contributed by atoms with E-state index >= 15 is 0 Å². The van der Waals surface area contributed by atoms with E-state index in [4.69, 9.17) is 0 Å². The number of urea groups is 1. The molecule has 2 heterocycles. The summed E-state index contributed by atoms with van der Waals surface area (Å²) in [5.41, 5.74) is 2.08. The molecule has 2 amide bonds. The summed E-state index contributed by atoms with van der Waals surface area (Å²) >= 11 is 0. The number of hydrogen-bond acceptors (Lipinski definition) is 2. The predicted molar refractivity (Wildman–Crippen MR) is 76.2 cm³/mol. The molecular formula is C15H21N3O. The van der Waals surface area contributed by atoms with Crippen molar-refractivity contribution in [1.29, 1.82) is 0 Å². The van der Waals surface area contributed by atoms with Crippen molar-refractivity contribution < 1.29 is 4.79 Å². The van der Waals surface area contributed by atoms with Crippen LogP contribution in [0, 0.1) is 18.8 Å². The summed E-state index contributed by atoms with van der Waals surface area (Å²) in [6.07, 6.45) is 0. The van der Waals surface area contributed by atoms with E-state index in [9.17, 15) is 4.79 Å². The van der Waals surface area contributed by atoms with Crippen LogP contribution in [0.15, 0.2) is 24.3 Å². The van der Waals surface area contributed by atoms with Gasteiger partial charge in [0, 0.05) is 31.4 Å². The maximum absolute atomic E-state index is 12.3. The number of nitrogens with one attached hydrogen (secondary N) is 2. The summed E-state index contributed by atoms with van der Waals surface area (Å²) in [7, 11) is 0. The van der Waals surface area contributed by atoms with Gasteiger partial charge in [0.1, 0.15) is 0 Å². The quantitative estimate of drug-likeness (QED) is 0.811. The molecule has 3 atom stereocenters. The Morgan fingerprint density at radius 3 is 2.74 bits per heavy atom. The fourth-order valence-corrected chi connectivity index (χ4v) is 3.27. The standard InChI is InChI=1S/C15H21N3O/c1-10-3-5-13(6-4-10)17-15(19)18-9-12-7-16-8-14(12)11(18)2/h3-6,11-12,14,16H,7-9H2,1-2H3,(H,17,19). The lowest BCUT2D eigenvalue weighted by atomic mass is 9.95. The number of anilines is 1. The van der Waals surface area contributed by atoms with Crippen molar-refractivity contribution >= 4 is 11.7 Å². The molecule has 4 heteroatoms. The first kappa shape index (κ1) is 12.5. The van der Waals surface area contributed by atoms with Crippen molar-refractivity contribution in [3.8, 4) is 0 Å². The first-order valence-corrected chi connectivity index (χ1v) is 7.00. The van der Waals surface area contributed by atoms with Crippen LogP contribution < -0.4 is 10.6 Å². The van der Waals surface area contributed by atoms with Crippen molar-refractivity contribution in [2.45, 2.75) is 19.9 Å². The normalized spacial score (nSPS) is 29.4. The van der Waals surface area contributed by atoms with Crippen LogP contribution in [0.3, 0.4) is 0 Å². The Balaban J connectivity index is 1.66. The molecule has 19 heavy (non-hydrogen) atoms. The summed E-state index contributed by atoms with van der Waals surface area (Å²) in [6.45, 7) is 7.16. The molecule has 3 unspecified atom stereocenters. The van der Waals surface area contributed by atoms with Crippen molar-refractivity contribution in [1.82, 2.24) is 10.2 Å². The van der Waals surface area contributed by atoms with Gasteiger partial charge in [0.15, 0.2) is 0 Å². The average Bonchev–Trinajstić information content (AvgIpc) is 2.96. The lowest BCUT2D eigenvalue weighted by molar-refractivity contribution is 0.203. The van der Waals surface area contributed by atoms with Gasteiger partial charge in [0.05, 0.1) is 0 Å². The van der Waals surface area contributed by atoms with E-state index < -0.39 is 0 Å². The zero-order valence-electron chi connectivity index (χ0n) is 11.5. The molecule has 0 radical (unpaired) electrons. The van der Waals surface area contributed by atoms with Gasteiger partial charge < -0.3 is 15.5 Å². The topological polar surface area (TPSA) is 44.4 Å². The first-order valence-electron chi connectivity index (χ1n) is 7.00. The smallest absolute Gasteiger partial charge is 0.321 e. The van der Waals surface area contributed by atoms with E-state index in [0.29, 0.717) is 17.9 Å². The highest BCUT2D eigenvalue weighted by Gasteiger charge is 2.43. The molecule has 2 N–H and O–H groups in total. The zero-order valence-corrected chi connectivity index (χ0v) is 11.5. The number of benzene rings is 1. The third kappa shape index (κ3) is 2.32. The second-order valence-corrected chi connectivity index (χ2v) is 5.77. The summed E-state index contributed by atoms with van der Waals surface area (Å²) in [4.78, 5) is 14.3. The molecule has 0 aliphatic carbocycles. The van der Waals surface area contributed by atoms with Crippen LogP contribution in [0.1, 0.15) is 12.5 Å². The van der Waals surface area contributed by atoms with Gasteiger partial charge in [-0.15, -0.1) is 0 Å². The minimum atomic E-state index is 0.0331. The number of hydrogen-bond donors (Lipinski definition) is 2. The van der Waals surface area contributed by atoms with Gasteiger partial charge in [-0.05, 0) is 37.8 Å². The second kappa shape index (κ2) is 4.85. The Kier molecular flexibility index (Phi) is 3.19. The molecule has 2 aliphatic rings. The highest BCUT2D eigenvalue weighted by molar-refractivity contribution is 5.89. The fourth-order valence-electron chi connectivity index (χ4n) is 3.27. The maximum atomic E-state index is 12.3. The highest BCUT2D eigenvalue weighted by Crippen LogP contribution is 2.32. The molecule has 0 aromatic heterocycles. The number of fused-ring (bicyclic) bond motifs is 1. The van der Waals surface area contributed by atoms with Crippen molar-refractivity contribution in [3.05, 3.63) is 29.8 Å². The number of likely N-dealkylation sites (tertiary alicyclic amines) is 1. The molecule has 0 saturated carbocycles. The van der Waals surface area contributed by atoms with Crippen LogP contribution in [-0.4, -0.2) is 36.6 Å². The molecule has 102 valence electrons. The lowest BCUT2D eigenvalue weighted by Crippen LogP contribution is -2.40. The Bertz CT molecular complexity index is 471. The largest absolute Gasteiger partial charge is 0.322 e. The van der Waals surface area contributed by atoms with Crippen LogP contribution in [0.2, 0.25) is 0 Å². The van der Waals surface area contributed by atoms with Crippen molar-refractivity contribution in [2.24, 2.45) is 11.8 Å². The number of carbonyl (C=O) groups is 1. The van der Waals surface area contributed by atoms with E-state index in [2.05, 4.69) is 17.6 Å². The third-order valence-corrected chi connectivity index (χ3v) is 4.50. The first-order chi connectivity index (χ1) is 9.15. The minimum Gasteiger partial charge on any atom is -0.321 e. The number of rotatable bonds is 1. The van der Waals surface area contributed by atoms with Crippen LogP contribution in [0.25, 0.3) is 0 Å². The molecule has 1 aromatic rings. The van der Waals surface area contributed by atoms with Crippen LogP contribution in [0.5, 0.6) is 0 Å². The summed E-state index contributed by atoms with van der Waals surface area (Å²) in [6, 6.07) is 8.30. The summed E-state index contributed by atoms with van der Waals surface area (Å²) in [5.74, 6) is 1.24. The summed E-state index contributed by atoms with van der Waals surface area (Å²) in [5, 5.41) is 6.41. The molecule has 1 aromatic carbocycles. The number of carbonyl (C=O) groups excluding carboxylic acids is 1. The minimum absolute atomic E-state index is 0.0331. The molecule has 0 spiro atoms. The zero-order chi connectivity index (χ0) is 13.4. The molecule has 4 nitrogen and oxygen atoms in total. The van der Waals surface area contributed by atoms with Crippen LogP contribution in [0.4, 0.5) is 10.5 Å². The van der Waals surface area contributed by atoms with Gasteiger partial charge in [-0.2, -0.15) is 0 Å². The van der Waals surface area contributed by atoms with Crippen LogP contribution in [-0.2, 0) is 0 Å². The van der Waals surface area contributed by atoms with E-state index in [1.165, 1.54) is 5.56 Å². The number of aryl methyl sites for hydroxylation is 1. The van der Waals surface area contributed by atoms with E-state index in [0.717, 1.165) is 25.3 Å². The van der Waals surface area contributed by atoms with Gasteiger partial charge in [0.25, 0.3) is 0 Å². The Morgan fingerprint density at radius 2 is 2.05 bits per heavy atom. The molecule has 2 fully saturated rings. The van der Waals surface area contributed by atoms with Crippen molar-refractivity contribution in [2.75, 3.05) is 25.0 Å². The van der Waals surface area contributed by atoms with Gasteiger partial charge in [0.2, 0.25) is 0 Å². The third-order valence-electron chi connectivity index (χ3n) is 4.50. The van der Waals surface area contributed by atoms with Gasteiger partial charge >= 0.3 is 6.03 Å². The Morgan fingerprint density at radius 1 is 1.32 bits per heavy atom. The fraction of sp³-hybridized carbons (Fsp3) is 0.533. The average molecular weight is 259 g/mol. The lowest BCUT2D eigenvalue weighted by Gasteiger charge is -2.24. The molecule has 2 aliphatic heterocycles. The van der Waals surface area contributed by atoms with Gasteiger partial charge in [-0.3, -0.25) is 0 Å². The van der Waals surface area contributed by atoms with E-state index in [1.807, 2.05) is 36.1 Å². The summed E-state index contributed by atoms with van der Waals surface area (Å²) < 4.78 is 0. The maximum Gasteiger partial charge on any atom is 0.322 e. The van der Waals surface area contributed by atoms with Crippen molar-refractivity contribution in [3.63, 3.8) is 0 Å². The molecule has 0 bridgehead atoms. The Hall–Kier alpha value is -1.55. The highest BCUT2D eigenvalue weighted by atomic mass is 16.2. The van der Waals surface area contributed by atoms with E-state index in [-0.39, 0.29) is 6.03 Å². The number of nitrogens with zero attached hydrogens (tertiary/aromatic N) is 1. The Labute approximate surface area is 114 Å². The monoisotopic (exact) mass is 259 g/mol. The molecule has 2 saturated heterocycles. The number of amides is 2. The van der Waals surface area contributed by atoms with E-state index in [1.54, 1.807) is 0 Å². The van der Waals surface area contributed by atoms with Gasteiger partial charge in [-0.1, -0.05) is 17.7 Å². The van der Waals surface area contributed by atoms with Crippen LogP contribution >= 0.6 is 0 Å². The SMILES string of the molecule is Cc1ccc(NC(=O)N2CC3CNCC3C2C)cc1. The predicted octanol–water partition coefficient (Wildman–Crippen LogP) is 2.07. The molecule has 3 rings (SSSR count). The second-order valence-electron chi connectivity index (χ2n) is 5.77. The van der Waals surface area contributed by atoms with Gasteiger partial charge in [-0.25, -0.2) is 4.79 Å². The molecular weight excluding hydrogens is 238 g/mol.